The van der Waals surface area contributed by atoms with Gasteiger partial charge in [0.15, 0.2) is 17.3 Å². The quantitative estimate of drug-likeness (QED) is 0.604. The number of aromatic nitrogens is 4. The fourth-order valence-corrected chi connectivity index (χ4v) is 4.69. The highest BCUT2D eigenvalue weighted by atomic mass is 16.5. The normalized spacial score (nSPS) is 18.2. The molecule has 0 radical (unpaired) electrons. The summed E-state index contributed by atoms with van der Waals surface area (Å²) in [4.78, 5) is 17.0. The van der Waals surface area contributed by atoms with E-state index in [4.69, 9.17) is 24.4 Å². The summed E-state index contributed by atoms with van der Waals surface area (Å²) in [7, 11) is 1.68. The van der Waals surface area contributed by atoms with Crippen LogP contribution >= 0.6 is 0 Å². The molecular formula is C24H32N6O2. The van der Waals surface area contributed by atoms with Gasteiger partial charge in [0, 0.05) is 37.8 Å². The smallest absolute Gasteiger partial charge is 0.166 e. The van der Waals surface area contributed by atoms with Crippen molar-refractivity contribution in [2.45, 2.75) is 38.1 Å². The van der Waals surface area contributed by atoms with Gasteiger partial charge in [0.25, 0.3) is 0 Å². The SMILES string of the molecule is COc1ccc(-c2nc(NCCN3CCOCC3)c3ncn(C4CCCCC4)c3n2)cc1. The second-order valence-corrected chi connectivity index (χ2v) is 8.62. The molecule has 170 valence electrons. The lowest BCUT2D eigenvalue weighted by Crippen LogP contribution is -2.39. The zero-order valence-corrected chi connectivity index (χ0v) is 18.8. The Kier molecular flexibility index (Phi) is 6.50. The number of fused-ring (bicyclic) bond motifs is 1. The Balaban J connectivity index is 1.46. The van der Waals surface area contributed by atoms with Crippen molar-refractivity contribution >= 4 is 17.0 Å². The number of rotatable bonds is 7. The monoisotopic (exact) mass is 436 g/mol. The third-order valence-corrected chi connectivity index (χ3v) is 6.56. The first-order valence-electron chi connectivity index (χ1n) is 11.7. The van der Waals surface area contributed by atoms with Gasteiger partial charge in [-0.2, -0.15) is 0 Å². The average molecular weight is 437 g/mol. The Morgan fingerprint density at radius 2 is 1.84 bits per heavy atom. The molecule has 1 aliphatic carbocycles. The summed E-state index contributed by atoms with van der Waals surface area (Å²) in [5.41, 5.74) is 2.75. The highest BCUT2D eigenvalue weighted by Crippen LogP contribution is 2.32. The van der Waals surface area contributed by atoms with Crippen LogP contribution in [-0.2, 0) is 4.74 Å². The maximum absolute atomic E-state index is 5.46. The molecule has 8 nitrogen and oxygen atoms in total. The minimum atomic E-state index is 0.466. The predicted octanol–water partition coefficient (Wildman–Crippen LogP) is 3.75. The van der Waals surface area contributed by atoms with Gasteiger partial charge in [-0.3, -0.25) is 4.90 Å². The van der Waals surface area contributed by atoms with E-state index >= 15 is 0 Å². The van der Waals surface area contributed by atoms with Gasteiger partial charge < -0.3 is 19.4 Å². The van der Waals surface area contributed by atoms with Crippen LogP contribution in [0.25, 0.3) is 22.6 Å². The number of imidazole rings is 1. The van der Waals surface area contributed by atoms with Gasteiger partial charge in [-0.1, -0.05) is 19.3 Å². The van der Waals surface area contributed by atoms with Crippen molar-refractivity contribution in [3.8, 4) is 17.1 Å². The Hall–Kier alpha value is -2.71. The van der Waals surface area contributed by atoms with Crippen LogP contribution in [0.1, 0.15) is 38.1 Å². The number of hydrogen-bond donors (Lipinski definition) is 1. The molecule has 3 heterocycles. The van der Waals surface area contributed by atoms with Crippen LogP contribution in [-0.4, -0.2) is 70.9 Å². The minimum Gasteiger partial charge on any atom is -0.497 e. The van der Waals surface area contributed by atoms with Crippen LogP contribution in [0.2, 0.25) is 0 Å². The number of anilines is 1. The molecule has 0 atom stereocenters. The zero-order valence-electron chi connectivity index (χ0n) is 18.8. The molecule has 2 aromatic heterocycles. The van der Waals surface area contributed by atoms with E-state index in [9.17, 15) is 0 Å². The van der Waals surface area contributed by atoms with Gasteiger partial charge in [-0.05, 0) is 37.1 Å². The first-order chi connectivity index (χ1) is 15.8. The second-order valence-electron chi connectivity index (χ2n) is 8.62. The van der Waals surface area contributed by atoms with E-state index in [2.05, 4.69) is 14.8 Å². The van der Waals surface area contributed by atoms with E-state index in [0.717, 1.165) is 67.7 Å². The number of nitrogens with zero attached hydrogens (tertiary/aromatic N) is 5. The summed E-state index contributed by atoms with van der Waals surface area (Å²) in [5.74, 6) is 2.35. The molecule has 1 saturated heterocycles. The molecule has 0 spiro atoms. The molecular weight excluding hydrogens is 404 g/mol. The van der Waals surface area contributed by atoms with Gasteiger partial charge >= 0.3 is 0 Å². The highest BCUT2D eigenvalue weighted by Gasteiger charge is 2.21. The van der Waals surface area contributed by atoms with Gasteiger partial charge in [0.1, 0.15) is 11.3 Å². The van der Waals surface area contributed by atoms with E-state index in [-0.39, 0.29) is 0 Å². The van der Waals surface area contributed by atoms with Gasteiger partial charge in [0.2, 0.25) is 0 Å². The van der Waals surface area contributed by atoms with Gasteiger partial charge in [-0.25, -0.2) is 15.0 Å². The molecule has 0 bridgehead atoms. The number of morpholine rings is 1. The maximum Gasteiger partial charge on any atom is 0.166 e. The predicted molar refractivity (Wildman–Crippen MR) is 125 cm³/mol. The number of ether oxygens (including phenoxy) is 2. The molecule has 0 unspecified atom stereocenters. The molecule has 32 heavy (non-hydrogen) atoms. The van der Waals surface area contributed by atoms with Crippen molar-refractivity contribution in [3.05, 3.63) is 30.6 Å². The van der Waals surface area contributed by atoms with Crippen molar-refractivity contribution in [3.63, 3.8) is 0 Å². The lowest BCUT2D eigenvalue weighted by atomic mass is 9.95. The number of hydrogen-bond acceptors (Lipinski definition) is 7. The van der Waals surface area contributed by atoms with Crippen molar-refractivity contribution in [2.75, 3.05) is 51.8 Å². The molecule has 3 aromatic rings. The lowest BCUT2D eigenvalue weighted by molar-refractivity contribution is 0.0398. The Labute approximate surface area is 189 Å². The Morgan fingerprint density at radius 1 is 1.06 bits per heavy atom. The number of methoxy groups -OCH3 is 1. The molecule has 2 aliphatic rings. The Morgan fingerprint density at radius 3 is 2.59 bits per heavy atom. The zero-order chi connectivity index (χ0) is 21.8. The summed E-state index contributed by atoms with van der Waals surface area (Å²) < 4.78 is 13.0. The third kappa shape index (κ3) is 4.56. The first kappa shape index (κ1) is 21.2. The largest absolute Gasteiger partial charge is 0.497 e. The lowest BCUT2D eigenvalue weighted by Gasteiger charge is -2.26. The fraction of sp³-hybridized carbons (Fsp3) is 0.542. The molecule has 0 amide bonds. The summed E-state index contributed by atoms with van der Waals surface area (Å²) in [6, 6.07) is 8.39. The summed E-state index contributed by atoms with van der Waals surface area (Å²) in [5, 5.41) is 3.55. The van der Waals surface area contributed by atoms with Crippen LogP contribution < -0.4 is 10.1 Å². The maximum atomic E-state index is 5.46. The van der Waals surface area contributed by atoms with Crippen molar-refractivity contribution < 1.29 is 9.47 Å². The van der Waals surface area contributed by atoms with E-state index in [0.29, 0.717) is 11.9 Å². The van der Waals surface area contributed by atoms with Gasteiger partial charge in [-0.15, -0.1) is 0 Å². The fourth-order valence-electron chi connectivity index (χ4n) is 4.69. The molecule has 8 heteroatoms. The van der Waals surface area contributed by atoms with Crippen molar-refractivity contribution in [2.24, 2.45) is 0 Å². The molecule has 5 rings (SSSR count). The van der Waals surface area contributed by atoms with Crippen LogP contribution in [0.3, 0.4) is 0 Å². The van der Waals surface area contributed by atoms with E-state index in [1.165, 1.54) is 32.1 Å². The number of benzene rings is 1. The summed E-state index contributed by atoms with van der Waals surface area (Å²) in [6.45, 7) is 5.35. The second kappa shape index (κ2) is 9.83. The molecule has 1 saturated carbocycles. The summed E-state index contributed by atoms with van der Waals surface area (Å²) in [6.07, 6.45) is 8.20. The summed E-state index contributed by atoms with van der Waals surface area (Å²) >= 11 is 0. The molecule has 2 fully saturated rings. The van der Waals surface area contributed by atoms with Crippen molar-refractivity contribution in [1.82, 2.24) is 24.4 Å². The van der Waals surface area contributed by atoms with Crippen molar-refractivity contribution in [1.29, 1.82) is 0 Å². The highest BCUT2D eigenvalue weighted by molar-refractivity contribution is 5.85. The van der Waals surface area contributed by atoms with Crippen LogP contribution in [0.4, 0.5) is 5.82 Å². The van der Waals surface area contributed by atoms with E-state index in [1.807, 2.05) is 30.6 Å². The molecule has 1 aliphatic heterocycles. The molecule has 1 aromatic carbocycles. The Bertz CT molecular complexity index is 1020. The van der Waals surface area contributed by atoms with E-state index in [1.54, 1.807) is 7.11 Å². The van der Waals surface area contributed by atoms with Gasteiger partial charge in [0.05, 0.1) is 26.7 Å². The standard InChI is InChI=1S/C24H32N6O2/c1-31-20-9-7-18(8-10-20)22-27-23(25-11-12-29-13-15-32-16-14-29)21-24(28-22)30(17-26-21)19-5-3-2-4-6-19/h7-10,17,19H,2-6,11-16H2,1H3,(H,25,27,28). The van der Waals surface area contributed by atoms with Crippen LogP contribution in [0, 0.1) is 0 Å². The first-order valence-corrected chi connectivity index (χ1v) is 11.7. The average Bonchev–Trinajstić information content (AvgIpc) is 3.29. The topological polar surface area (TPSA) is 77.3 Å². The number of nitrogens with one attached hydrogen (secondary N) is 1. The van der Waals surface area contributed by atoms with Crippen LogP contribution in [0.5, 0.6) is 5.75 Å². The van der Waals surface area contributed by atoms with E-state index < -0.39 is 0 Å². The minimum absolute atomic E-state index is 0.466. The van der Waals surface area contributed by atoms with Crippen LogP contribution in [0.15, 0.2) is 30.6 Å². The third-order valence-electron chi connectivity index (χ3n) is 6.56. The molecule has 1 N–H and O–H groups in total.